The molecule has 0 saturated carbocycles. The molecule has 1 aromatic carbocycles. The molecule has 0 amide bonds. The van der Waals surface area contributed by atoms with Crippen LogP contribution in [0.5, 0.6) is 0 Å². The van der Waals surface area contributed by atoms with Gasteiger partial charge in [0.05, 0.1) is 0 Å². The maximum Gasteiger partial charge on any atom is 0.128 e. The van der Waals surface area contributed by atoms with Crippen LogP contribution in [-0.2, 0) is 0 Å². The Labute approximate surface area is 108 Å². The van der Waals surface area contributed by atoms with Gasteiger partial charge in [0, 0.05) is 36.9 Å². The summed E-state index contributed by atoms with van der Waals surface area (Å²) in [5.74, 6) is -0.0847. The Hall–Kier alpha value is -1.09. The van der Waals surface area contributed by atoms with Crippen LogP contribution in [-0.4, -0.2) is 37.1 Å². The SMILES string of the molecule is Cc1c(F)cccc1N1CCN2CCCCC2C1. The summed E-state index contributed by atoms with van der Waals surface area (Å²) in [6.07, 6.45) is 3.98. The van der Waals surface area contributed by atoms with Gasteiger partial charge in [0.25, 0.3) is 0 Å². The number of piperazine rings is 1. The van der Waals surface area contributed by atoms with Crippen molar-refractivity contribution in [2.75, 3.05) is 31.1 Å². The van der Waals surface area contributed by atoms with Gasteiger partial charge in [-0.3, -0.25) is 4.90 Å². The lowest BCUT2D eigenvalue weighted by atomic mass is 9.98. The quantitative estimate of drug-likeness (QED) is 0.754. The molecule has 2 fully saturated rings. The number of fused-ring (bicyclic) bond motifs is 1. The minimum absolute atomic E-state index is 0.0847. The molecule has 18 heavy (non-hydrogen) atoms. The highest BCUT2D eigenvalue weighted by Crippen LogP contribution is 2.27. The average molecular weight is 248 g/mol. The van der Waals surface area contributed by atoms with Gasteiger partial charge in [0.1, 0.15) is 5.82 Å². The van der Waals surface area contributed by atoms with E-state index in [2.05, 4.69) is 15.9 Å². The van der Waals surface area contributed by atoms with E-state index in [0.29, 0.717) is 6.04 Å². The standard InChI is InChI=1S/C15H21FN2/c1-12-14(16)6-4-7-15(12)18-10-9-17-8-3-2-5-13(17)11-18/h4,6-7,13H,2-3,5,8-11H2,1H3. The molecule has 0 spiro atoms. The minimum atomic E-state index is -0.0847. The molecule has 0 radical (unpaired) electrons. The molecule has 1 unspecified atom stereocenters. The average Bonchev–Trinajstić information content (AvgIpc) is 2.41. The van der Waals surface area contributed by atoms with Crippen LogP contribution in [0.4, 0.5) is 10.1 Å². The molecule has 3 rings (SSSR count). The summed E-state index contributed by atoms with van der Waals surface area (Å²) in [4.78, 5) is 4.97. The lowest BCUT2D eigenvalue weighted by Gasteiger charge is -2.45. The monoisotopic (exact) mass is 248 g/mol. The molecule has 1 aromatic rings. The lowest BCUT2D eigenvalue weighted by molar-refractivity contribution is 0.133. The molecule has 2 nitrogen and oxygen atoms in total. The van der Waals surface area contributed by atoms with Crippen LogP contribution in [0.1, 0.15) is 24.8 Å². The van der Waals surface area contributed by atoms with Gasteiger partial charge >= 0.3 is 0 Å². The second kappa shape index (κ2) is 4.88. The second-order valence-electron chi connectivity index (χ2n) is 5.52. The molecule has 0 N–H and O–H groups in total. The van der Waals surface area contributed by atoms with Crippen molar-refractivity contribution in [3.63, 3.8) is 0 Å². The predicted molar refractivity (Wildman–Crippen MR) is 72.6 cm³/mol. The summed E-state index contributed by atoms with van der Waals surface area (Å²) in [6.45, 7) is 6.35. The van der Waals surface area contributed by atoms with E-state index < -0.39 is 0 Å². The number of rotatable bonds is 1. The Morgan fingerprint density at radius 3 is 2.94 bits per heavy atom. The van der Waals surface area contributed by atoms with Gasteiger partial charge in [-0.1, -0.05) is 12.5 Å². The van der Waals surface area contributed by atoms with Crippen LogP contribution >= 0.6 is 0 Å². The highest BCUT2D eigenvalue weighted by atomic mass is 19.1. The van der Waals surface area contributed by atoms with Crippen LogP contribution < -0.4 is 4.90 Å². The van der Waals surface area contributed by atoms with E-state index >= 15 is 0 Å². The molecular formula is C15H21FN2. The maximum absolute atomic E-state index is 13.6. The Morgan fingerprint density at radius 1 is 1.17 bits per heavy atom. The van der Waals surface area contributed by atoms with Crippen LogP contribution in [0.3, 0.4) is 0 Å². The number of hydrogen-bond acceptors (Lipinski definition) is 2. The lowest BCUT2D eigenvalue weighted by Crippen LogP contribution is -2.55. The van der Waals surface area contributed by atoms with Crippen molar-refractivity contribution in [2.45, 2.75) is 32.2 Å². The summed E-state index contributed by atoms with van der Waals surface area (Å²) < 4.78 is 13.6. The van der Waals surface area contributed by atoms with E-state index in [0.717, 1.165) is 30.9 Å². The van der Waals surface area contributed by atoms with Gasteiger partial charge in [-0.25, -0.2) is 4.39 Å². The first-order chi connectivity index (χ1) is 8.75. The molecule has 2 aliphatic heterocycles. The predicted octanol–water partition coefficient (Wildman–Crippen LogP) is 2.81. The van der Waals surface area contributed by atoms with Crippen LogP contribution in [0.2, 0.25) is 0 Å². The molecule has 2 heterocycles. The number of halogens is 1. The van der Waals surface area contributed by atoms with Crippen molar-refractivity contribution in [3.05, 3.63) is 29.6 Å². The van der Waals surface area contributed by atoms with Crippen molar-refractivity contribution < 1.29 is 4.39 Å². The van der Waals surface area contributed by atoms with Gasteiger partial charge in [-0.15, -0.1) is 0 Å². The van der Waals surface area contributed by atoms with Gasteiger partial charge in [-0.2, -0.15) is 0 Å². The van der Waals surface area contributed by atoms with Crippen molar-refractivity contribution in [1.82, 2.24) is 4.90 Å². The molecular weight excluding hydrogens is 227 g/mol. The molecule has 98 valence electrons. The van der Waals surface area contributed by atoms with Crippen molar-refractivity contribution in [2.24, 2.45) is 0 Å². The maximum atomic E-state index is 13.6. The van der Waals surface area contributed by atoms with Crippen LogP contribution in [0.15, 0.2) is 18.2 Å². The number of piperidine rings is 1. The van der Waals surface area contributed by atoms with E-state index in [1.54, 1.807) is 6.07 Å². The highest BCUT2D eigenvalue weighted by molar-refractivity contribution is 5.54. The first-order valence-electron chi connectivity index (χ1n) is 7.00. The van der Waals surface area contributed by atoms with Gasteiger partial charge in [0.15, 0.2) is 0 Å². The molecule has 0 aromatic heterocycles. The summed E-state index contributed by atoms with van der Waals surface area (Å²) in [5, 5.41) is 0. The van der Waals surface area contributed by atoms with Crippen LogP contribution in [0.25, 0.3) is 0 Å². The molecule has 2 saturated heterocycles. The third kappa shape index (κ3) is 2.12. The van der Waals surface area contributed by atoms with E-state index in [-0.39, 0.29) is 5.82 Å². The summed E-state index contributed by atoms with van der Waals surface area (Å²) in [6, 6.07) is 6.10. The normalized spacial score (nSPS) is 25.0. The second-order valence-corrected chi connectivity index (χ2v) is 5.52. The Morgan fingerprint density at radius 2 is 2.06 bits per heavy atom. The van der Waals surface area contributed by atoms with Crippen molar-refractivity contribution >= 4 is 5.69 Å². The van der Waals surface area contributed by atoms with Gasteiger partial charge < -0.3 is 4.90 Å². The van der Waals surface area contributed by atoms with E-state index in [9.17, 15) is 4.39 Å². The Bertz CT molecular complexity index is 433. The van der Waals surface area contributed by atoms with Crippen molar-refractivity contribution in [1.29, 1.82) is 0 Å². The first kappa shape index (κ1) is 12.0. The number of nitrogens with zero attached hydrogens (tertiary/aromatic N) is 2. The molecule has 3 heteroatoms. The zero-order chi connectivity index (χ0) is 12.5. The van der Waals surface area contributed by atoms with E-state index in [4.69, 9.17) is 0 Å². The Balaban J connectivity index is 1.79. The molecule has 0 bridgehead atoms. The van der Waals surface area contributed by atoms with E-state index in [1.807, 2.05) is 13.0 Å². The zero-order valence-corrected chi connectivity index (χ0v) is 11.0. The highest BCUT2D eigenvalue weighted by Gasteiger charge is 2.29. The minimum Gasteiger partial charge on any atom is -0.368 e. The summed E-state index contributed by atoms with van der Waals surface area (Å²) in [7, 11) is 0. The van der Waals surface area contributed by atoms with E-state index in [1.165, 1.54) is 25.8 Å². The molecule has 1 atom stereocenters. The zero-order valence-electron chi connectivity index (χ0n) is 11.0. The number of hydrogen-bond donors (Lipinski definition) is 0. The summed E-state index contributed by atoms with van der Waals surface area (Å²) >= 11 is 0. The number of benzene rings is 1. The molecule has 2 aliphatic rings. The van der Waals surface area contributed by atoms with Gasteiger partial charge in [0.2, 0.25) is 0 Å². The largest absolute Gasteiger partial charge is 0.368 e. The fourth-order valence-corrected chi connectivity index (χ4v) is 3.31. The third-order valence-electron chi connectivity index (χ3n) is 4.42. The molecule has 0 aliphatic carbocycles. The fourth-order valence-electron chi connectivity index (χ4n) is 3.31. The number of anilines is 1. The smallest absolute Gasteiger partial charge is 0.128 e. The van der Waals surface area contributed by atoms with Crippen molar-refractivity contribution in [3.8, 4) is 0 Å². The van der Waals surface area contributed by atoms with Crippen LogP contribution in [0, 0.1) is 12.7 Å². The Kier molecular flexibility index (Phi) is 3.25. The fraction of sp³-hybridized carbons (Fsp3) is 0.600. The first-order valence-corrected chi connectivity index (χ1v) is 7.00. The topological polar surface area (TPSA) is 6.48 Å². The van der Waals surface area contributed by atoms with Gasteiger partial charge in [-0.05, 0) is 38.4 Å². The summed E-state index contributed by atoms with van der Waals surface area (Å²) in [5.41, 5.74) is 1.88. The third-order valence-corrected chi connectivity index (χ3v) is 4.42.